The second kappa shape index (κ2) is 9.95. The maximum absolute atomic E-state index is 12.9. The molecule has 0 saturated carbocycles. The van der Waals surface area contributed by atoms with Crippen LogP contribution in [-0.2, 0) is 20.8 Å². The fourth-order valence-electron chi connectivity index (χ4n) is 4.11. The van der Waals surface area contributed by atoms with Gasteiger partial charge in [-0.2, -0.15) is 0 Å². The van der Waals surface area contributed by atoms with E-state index in [1.807, 2.05) is 60.7 Å². The second-order valence-corrected chi connectivity index (χ2v) is 9.28. The van der Waals surface area contributed by atoms with Crippen LogP contribution in [0.15, 0.2) is 60.7 Å². The van der Waals surface area contributed by atoms with Gasteiger partial charge in [-0.15, -0.1) is 11.3 Å². The van der Waals surface area contributed by atoms with Crippen LogP contribution in [0.3, 0.4) is 0 Å². The highest BCUT2D eigenvalue weighted by molar-refractivity contribution is 7.20. The molecule has 3 aromatic rings. The van der Waals surface area contributed by atoms with E-state index in [2.05, 4.69) is 5.32 Å². The molecule has 33 heavy (non-hydrogen) atoms. The normalized spacial score (nSPS) is 15.2. The van der Waals surface area contributed by atoms with Gasteiger partial charge in [0.05, 0.1) is 4.88 Å². The zero-order chi connectivity index (χ0) is 23.4. The molecule has 1 unspecified atom stereocenters. The molecule has 1 atom stereocenters. The van der Waals surface area contributed by atoms with E-state index in [1.54, 1.807) is 4.90 Å². The zero-order valence-corrected chi connectivity index (χ0v) is 18.8. The van der Waals surface area contributed by atoms with Crippen molar-refractivity contribution in [1.29, 1.82) is 0 Å². The summed E-state index contributed by atoms with van der Waals surface area (Å²) in [6.45, 7) is 0.913. The van der Waals surface area contributed by atoms with E-state index in [-0.39, 0.29) is 24.2 Å². The number of nitrogens with one attached hydrogen (secondary N) is 1. The first kappa shape index (κ1) is 22.7. The third-order valence-electron chi connectivity index (χ3n) is 5.95. The van der Waals surface area contributed by atoms with Gasteiger partial charge in [-0.1, -0.05) is 48.5 Å². The SMILES string of the molecule is NC(=O)C(=O)C(Cc1ccccc1)NC(=O)C1CCN(C(=O)c2cc3ccccc3s2)CC1. The van der Waals surface area contributed by atoms with Gasteiger partial charge in [-0.3, -0.25) is 19.2 Å². The zero-order valence-electron chi connectivity index (χ0n) is 18.0. The number of nitrogens with two attached hydrogens (primary N) is 1. The van der Waals surface area contributed by atoms with E-state index in [0.29, 0.717) is 30.8 Å². The van der Waals surface area contributed by atoms with Crippen LogP contribution in [0, 0.1) is 5.92 Å². The molecule has 2 heterocycles. The first-order valence-electron chi connectivity index (χ1n) is 10.9. The Bertz CT molecular complexity index is 1150. The first-order valence-corrected chi connectivity index (χ1v) is 11.7. The van der Waals surface area contributed by atoms with Crippen molar-refractivity contribution >= 4 is 44.9 Å². The van der Waals surface area contributed by atoms with Crippen molar-refractivity contribution < 1.29 is 19.2 Å². The molecule has 8 heteroatoms. The molecule has 0 aliphatic carbocycles. The van der Waals surface area contributed by atoms with E-state index in [1.165, 1.54) is 11.3 Å². The summed E-state index contributed by atoms with van der Waals surface area (Å²) in [6.07, 6.45) is 1.17. The predicted octanol–water partition coefficient (Wildman–Crippen LogP) is 2.54. The standard InChI is InChI=1S/C25H25N3O4S/c26-23(30)22(29)19(14-16-6-2-1-3-7-16)27-24(31)17-10-12-28(13-11-17)25(32)21-15-18-8-4-5-9-20(18)33-21/h1-9,15,17,19H,10-14H2,(H2,26,30)(H,27,31). The Morgan fingerprint density at radius 3 is 2.33 bits per heavy atom. The minimum Gasteiger partial charge on any atom is -0.363 e. The number of rotatable bonds is 7. The van der Waals surface area contributed by atoms with Crippen molar-refractivity contribution in [3.8, 4) is 0 Å². The number of carbonyl (C=O) groups excluding carboxylic acids is 4. The van der Waals surface area contributed by atoms with Gasteiger partial charge in [0.1, 0.15) is 6.04 Å². The van der Waals surface area contributed by atoms with Crippen LogP contribution in [0.4, 0.5) is 0 Å². The molecule has 3 amide bonds. The van der Waals surface area contributed by atoms with E-state index in [0.717, 1.165) is 15.6 Å². The Morgan fingerprint density at radius 1 is 1.00 bits per heavy atom. The van der Waals surface area contributed by atoms with Crippen molar-refractivity contribution in [1.82, 2.24) is 10.2 Å². The second-order valence-electron chi connectivity index (χ2n) is 8.19. The lowest BCUT2D eigenvalue weighted by Crippen LogP contribution is -2.50. The number of amides is 3. The molecule has 0 bridgehead atoms. The number of fused-ring (bicyclic) bond motifs is 1. The lowest BCUT2D eigenvalue weighted by molar-refractivity contribution is -0.139. The molecule has 1 aliphatic rings. The third kappa shape index (κ3) is 5.28. The number of piperidine rings is 1. The predicted molar refractivity (Wildman–Crippen MR) is 127 cm³/mol. The third-order valence-corrected chi connectivity index (χ3v) is 7.05. The number of nitrogens with zero attached hydrogens (tertiary/aromatic N) is 1. The summed E-state index contributed by atoms with van der Waals surface area (Å²) in [5.41, 5.74) is 6.02. The Hall–Kier alpha value is -3.52. The highest BCUT2D eigenvalue weighted by Gasteiger charge is 2.32. The van der Waals surface area contributed by atoms with Gasteiger partial charge in [0.2, 0.25) is 11.7 Å². The van der Waals surface area contributed by atoms with Crippen LogP contribution in [0.25, 0.3) is 10.1 Å². The van der Waals surface area contributed by atoms with Crippen molar-refractivity contribution in [3.63, 3.8) is 0 Å². The van der Waals surface area contributed by atoms with Gasteiger partial charge in [-0.25, -0.2) is 0 Å². The van der Waals surface area contributed by atoms with Crippen LogP contribution in [0.5, 0.6) is 0 Å². The molecule has 3 N–H and O–H groups in total. The molecular formula is C25H25N3O4S. The molecule has 1 aromatic heterocycles. The van der Waals surface area contributed by atoms with Gasteiger partial charge >= 0.3 is 0 Å². The number of thiophene rings is 1. The van der Waals surface area contributed by atoms with Crippen LogP contribution in [0.1, 0.15) is 28.1 Å². The van der Waals surface area contributed by atoms with Crippen LogP contribution in [-0.4, -0.2) is 47.5 Å². The summed E-state index contributed by atoms with van der Waals surface area (Å²) in [5.74, 6) is -2.54. The number of likely N-dealkylation sites (tertiary alicyclic amines) is 1. The number of benzene rings is 2. The summed E-state index contributed by atoms with van der Waals surface area (Å²) in [7, 11) is 0. The molecule has 1 saturated heterocycles. The Kier molecular flexibility index (Phi) is 6.84. The molecule has 1 fully saturated rings. The number of ketones is 1. The summed E-state index contributed by atoms with van der Waals surface area (Å²) >= 11 is 1.47. The maximum atomic E-state index is 12.9. The Balaban J connectivity index is 1.36. The number of Topliss-reactive ketones (excluding diaryl/α,β-unsaturated/α-hetero) is 1. The quantitative estimate of drug-likeness (QED) is 0.525. The van der Waals surface area contributed by atoms with Crippen molar-refractivity contribution in [2.24, 2.45) is 11.7 Å². The highest BCUT2D eigenvalue weighted by Crippen LogP contribution is 2.28. The van der Waals surface area contributed by atoms with Gasteiger partial charge in [0.25, 0.3) is 11.8 Å². The molecule has 4 rings (SSSR count). The Morgan fingerprint density at radius 2 is 1.67 bits per heavy atom. The van der Waals surface area contributed by atoms with Crippen molar-refractivity contribution in [2.75, 3.05) is 13.1 Å². The van der Waals surface area contributed by atoms with Gasteiger partial charge in [0.15, 0.2) is 0 Å². The molecule has 0 spiro atoms. The average molecular weight is 464 g/mol. The Labute approximate surface area is 195 Å². The van der Waals surface area contributed by atoms with Crippen LogP contribution in [0.2, 0.25) is 0 Å². The molecule has 2 aromatic carbocycles. The number of hydrogen-bond acceptors (Lipinski definition) is 5. The van der Waals surface area contributed by atoms with E-state index >= 15 is 0 Å². The summed E-state index contributed by atoms with van der Waals surface area (Å²) in [6, 6.07) is 17.9. The summed E-state index contributed by atoms with van der Waals surface area (Å²) in [5, 5.41) is 3.76. The fraction of sp³-hybridized carbons (Fsp3) is 0.280. The fourth-order valence-corrected chi connectivity index (χ4v) is 5.14. The molecule has 170 valence electrons. The highest BCUT2D eigenvalue weighted by atomic mass is 32.1. The molecule has 0 radical (unpaired) electrons. The molecule has 7 nitrogen and oxygen atoms in total. The summed E-state index contributed by atoms with van der Waals surface area (Å²) < 4.78 is 1.07. The smallest absolute Gasteiger partial charge is 0.287 e. The molecule has 1 aliphatic heterocycles. The lowest BCUT2D eigenvalue weighted by atomic mass is 9.94. The monoisotopic (exact) mass is 463 g/mol. The van der Waals surface area contributed by atoms with Gasteiger partial charge < -0.3 is 16.0 Å². The van der Waals surface area contributed by atoms with Crippen molar-refractivity contribution in [2.45, 2.75) is 25.3 Å². The number of primary amides is 1. The summed E-state index contributed by atoms with van der Waals surface area (Å²) in [4.78, 5) is 52.0. The van der Waals surface area contributed by atoms with Gasteiger partial charge in [0, 0.05) is 30.1 Å². The van der Waals surface area contributed by atoms with Crippen molar-refractivity contribution in [3.05, 3.63) is 71.1 Å². The van der Waals surface area contributed by atoms with E-state index in [4.69, 9.17) is 5.73 Å². The van der Waals surface area contributed by atoms with Crippen LogP contribution < -0.4 is 11.1 Å². The minimum atomic E-state index is -1.07. The van der Waals surface area contributed by atoms with E-state index in [9.17, 15) is 19.2 Å². The molecular weight excluding hydrogens is 438 g/mol. The first-order chi connectivity index (χ1) is 15.9. The minimum absolute atomic E-state index is 0.0269. The largest absolute Gasteiger partial charge is 0.363 e. The van der Waals surface area contributed by atoms with E-state index < -0.39 is 17.7 Å². The number of carbonyl (C=O) groups is 4. The van der Waals surface area contributed by atoms with Gasteiger partial charge in [-0.05, 0) is 35.9 Å². The lowest BCUT2D eigenvalue weighted by Gasteiger charge is -2.31. The maximum Gasteiger partial charge on any atom is 0.287 e. The average Bonchev–Trinajstić information content (AvgIpc) is 3.27. The topological polar surface area (TPSA) is 110 Å². The number of hydrogen-bond donors (Lipinski definition) is 2. The van der Waals surface area contributed by atoms with Crippen LogP contribution >= 0.6 is 11.3 Å².